The van der Waals surface area contributed by atoms with Crippen LogP contribution < -0.4 is 15.2 Å². The quantitative estimate of drug-likeness (QED) is 0.620. The summed E-state index contributed by atoms with van der Waals surface area (Å²) < 4.78 is 12.5. The Labute approximate surface area is 154 Å². The summed E-state index contributed by atoms with van der Waals surface area (Å²) in [5, 5.41) is 10.7. The third-order valence-corrected chi connectivity index (χ3v) is 6.99. The Bertz CT molecular complexity index is 749. The molecule has 4 aliphatic rings. The molecule has 5 rings (SSSR count). The molecule has 2 heterocycles. The zero-order chi connectivity index (χ0) is 17.9. The van der Waals surface area contributed by atoms with Crippen molar-refractivity contribution < 1.29 is 14.6 Å². The van der Waals surface area contributed by atoms with E-state index in [-0.39, 0.29) is 11.5 Å². The van der Waals surface area contributed by atoms with Crippen LogP contribution in [0.25, 0.3) is 0 Å². The highest BCUT2D eigenvalue weighted by molar-refractivity contribution is 5.62. The number of ether oxygens (including phenoxy) is 2. The van der Waals surface area contributed by atoms with Crippen LogP contribution in [0, 0.1) is 5.92 Å². The smallest absolute Gasteiger partial charge is 0.165 e. The first-order valence-corrected chi connectivity index (χ1v) is 9.89. The zero-order valence-electron chi connectivity index (χ0n) is 15.4. The largest absolute Gasteiger partial charge is 0.490 e. The number of nitrogens with two attached hydrogens (primary N) is 1. The molecule has 2 aliphatic carbocycles. The Morgan fingerprint density at radius 1 is 1.35 bits per heavy atom. The first kappa shape index (κ1) is 16.6. The molecule has 1 aromatic carbocycles. The van der Waals surface area contributed by atoms with Crippen LogP contribution in [0.1, 0.15) is 30.4 Å². The molecule has 140 valence electrons. The fourth-order valence-electron chi connectivity index (χ4n) is 5.77. The van der Waals surface area contributed by atoms with Gasteiger partial charge in [0.25, 0.3) is 0 Å². The lowest BCUT2D eigenvalue weighted by Gasteiger charge is -2.56. The normalized spacial score (nSPS) is 36.6. The molecular weight excluding hydrogens is 328 g/mol. The summed E-state index contributed by atoms with van der Waals surface area (Å²) in [5.74, 6) is 2.11. The number of hydrogen-bond acceptors (Lipinski definition) is 5. The number of piperidine rings is 1. The summed E-state index contributed by atoms with van der Waals surface area (Å²) >= 11 is 0. The van der Waals surface area contributed by atoms with E-state index < -0.39 is 6.10 Å². The Morgan fingerprint density at radius 2 is 2.23 bits per heavy atom. The van der Waals surface area contributed by atoms with Gasteiger partial charge in [-0.15, -0.1) is 0 Å². The van der Waals surface area contributed by atoms with Gasteiger partial charge >= 0.3 is 0 Å². The minimum absolute atomic E-state index is 0.106. The van der Waals surface area contributed by atoms with Gasteiger partial charge in [0, 0.05) is 22.9 Å². The third-order valence-electron chi connectivity index (χ3n) is 6.99. The lowest BCUT2D eigenvalue weighted by atomic mass is 9.53. The lowest BCUT2D eigenvalue weighted by molar-refractivity contribution is -0.0454. The fraction of sp³-hybridized carbons (Fsp3) is 0.619. The van der Waals surface area contributed by atoms with E-state index in [0.29, 0.717) is 25.1 Å². The Balaban J connectivity index is 1.59. The maximum Gasteiger partial charge on any atom is 0.165 e. The molecule has 1 aromatic rings. The molecule has 1 saturated heterocycles. The molecule has 1 fully saturated rings. The Hall–Kier alpha value is -1.56. The van der Waals surface area contributed by atoms with Gasteiger partial charge in [-0.3, -0.25) is 0 Å². The van der Waals surface area contributed by atoms with Gasteiger partial charge in [0.05, 0.1) is 6.61 Å². The number of hydrogen-bond donors (Lipinski definition) is 2. The molecule has 2 bridgehead atoms. The first-order chi connectivity index (χ1) is 12.7. The summed E-state index contributed by atoms with van der Waals surface area (Å²) in [5.41, 5.74) is 8.16. The van der Waals surface area contributed by atoms with Crippen molar-refractivity contribution in [1.29, 1.82) is 0 Å². The van der Waals surface area contributed by atoms with Gasteiger partial charge < -0.3 is 25.2 Å². The summed E-state index contributed by atoms with van der Waals surface area (Å²) in [6.45, 7) is 2.39. The van der Waals surface area contributed by atoms with E-state index >= 15 is 0 Å². The monoisotopic (exact) mass is 356 g/mol. The molecule has 0 saturated carbocycles. The van der Waals surface area contributed by atoms with Crippen LogP contribution in [0.15, 0.2) is 24.3 Å². The summed E-state index contributed by atoms with van der Waals surface area (Å²) in [4.78, 5) is 2.48. The maximum absolute atomic E-state index is 10.7. The maximum atomic E-state index is 10.7. The summed E-state index contributed by atoms with van der Waals surface area (Å²) in [6, 6.07) is 4.76. The molecule has 26 heavy (non-hydrogen) atoms. The van der Waals surface area contributed by atoms with Crippen LogP contribution >= 0.6 is 0 Å². The molecule has 1 spiro atoms. The van der Waals surface area contributed by atoms with E-state index in [2.05, 4.69) is 30.2 Å². The number of nitrogens with zero attached hydrogens (tertiary/aromatic N) is 1. The second-order valence-electron chi connectivity index (χ2n) is 8.25. The second-order valence-corrected chi connectivity index (χ2v) is 8.25. The van der Waals surface area contributed by atoms with E-state index in [1.54, 1.807) is 0 Å². The van der Waals surface area contributed by atoms with Crippen molar-refractivity contribution in [2.45, 2.75) is 49.3 Å². The highest BCUT2D eigenvalue weighted by Crippen LogP contribution is 2.62. The van der Waals surface area contributed by atoms with Gasteiger partial charge in [-0.2, -0.15) is 0 Å². The van der Waals surface area contributed by atoms with Crippen molar-refractivity contribution in [3.63, 3.8) is 0 Å². The highest BCUT2D eigenvalue weighted by atomic mass is 16.5. The van der Waals surface area contributed by atoms with E-state index in [9.17, 15) is 5.11 Å². The van der Waals surface area contributed by atoms with Gasteiger partial charge in [0.1, 0.15) is 12.2 Å². The minimum atomic E-state index is -0.557. The first-order valence-electron chi connectivity index (χ1n) is 9.89. The molecule has 2 aliphatic heterocycles. The number of benzene rings is 1. The lowest BCUT2D eigenvalue weighted by Crippen LogP contribution is -2.64. The van der Waals surface area contributed by atoms with Crippen LogP contribution in [-0.2, 0) is 11.8 Å². The fourth-order valence-corrected chi connectivity index (χ4v) is 5.77. The van der Waals surface area contributed by atoms with Crippen molar-refractivity contribution in [1.82, 2.24) is 4.90 Å². The predicted molar refractivity (Wildman–Crippen MR) is 99.7 cm³/mol. The van der Waals surface area contributed by atoms with Crippen LogP contribution in [-0.4, -0.2) is 55.0 Å². The van der Waals surface area contributed by atoms with Crippen LogP contribution in [0.2, 0.25) is 0 Å². The number of likely N-dealkylation sites (tertiary alicyclic amines) is 1. The highest BCUT2D eigenvalue weighted by Gasteiger charge is 2.64. The molecule has 5 heteroatoms. The molecule has 3 N–H and O–H groups in total. The third kappa shape index (κ3) is 2.08. The molecule has 5 atom stereocenters. The molecule has 0 aromatic heterocycles. The van der Waals surface area contributed by atoms with Crippen molar-refractivity contribution in [2.24, 2.45) is 11.7 Å². The molecular formula is C21H28N2O3. The number of aliphatic hydroxyl groups is 1. The Morgan fingerprint density at radius 3 is 3.08 bits per heavy atom. The van der Waals surface area contributed by atoms with Gasteiger partial charge in [-0.25, -0.2) is 0 Å². The van der Waals surface area contributed by atoms with Gasteiger partial charge in [-0.1, -0.05) is 18.2 Å². The van der Waals surface area contributed by atoms with E-state index in [1.807, 2.05) is 6.08 Å². The van der Waals surface area contributed by atoms with Crippen molar-refractivity contribution in [3.05, 3.63) is 35.4 Å². The number of rotatable bonds is 5. The van der Waals surface area contributed by atoms with Crippen molar-refractivity contribution in [3.8, 4) is 11.5 Å². The van der Waals surface area contributed by atoms with Gasteiger partial charge in [0.15, 0.2) is 11.5 Å². The molecule has 0 radical (unpaired) electrons. The molecule has 5 nitrogen and oxygen atoms in total. The van der Waals surface area contributed by atoms with E-state index in [0.717, 1.165) is 43.7 Å². The number of aliphatic hydroxyl groups excluding tert-OH is 1. The summed E-state index contributed by atoms with van der Waals surface area (Å²) in [6.07, 6.45) is 7.40. The summed E-state index contributed by atoms with van der Waals surface area (Å²) in [7, 11) is 2.22. The topological polar surface area (TPSA) is 68.0 Å². The number of unbranched alkanes of at least 4 members (excludes halogenated alkanes) is 1. The van der Waals surface area contributed by atoms with Gasteiger partial charge in [-0.05, 0) is 57.5 Å². The van der Waals surface area contributed by atoms with Crippen LogP contribution in [0.3, 0.4) is 0 Å². The van der Waals surface area contributed by atoms with Crippen LogP contribution in [0.5, 0.6) is 11.5 Å². The van der Waals surface area contributed by atoms with Gasteiger partial charge in [0.2, 0.25) is 0 Å². The predicted octanol–water partition coefficient (Wildman–Crippen LogP) is 1.61. The molecule has 0 unspecified atom stereocenters. The zero-order valence-corrected chi connectivity index (χ0v) is 15.4. The average Bonchev–Trinajstić information content (AvgIpc) is 3.00. The average molecular weight is 356 g/mol. The minimum Gasteiger partial charge on any atom is -0.490 e. The SMILES string of the molecule is CN1CC[C@]23c4c5ccc(OCCCCN)c4O[C@H]2[C@@H](O)C=C[C@H]3[C@H]1C5. The van der Waals surface area contributed by atoms with E-state index in [1.165, 1.54) is 11.1 Å². The Kier molecular flexibility index (Phi) is 3.82. The van der Waals surface area contributed by atoms with Crippen LogP contribution in [0.4, 0.5) is 0 Å². The van der Waals surface area contributed by atoms with Crippen molar-refractivity contribution >= 4 is 0 Å². The molecule has 0 amide bonds. The number of likely N-dealkylation sites (N-methyl/N-ethyl adjacent to an activating group) is 1. The second kappa shape index (κ2) is 5.98. The standard InChI is InChI=1S/C21H28N2O3/c1-23-10-8-21-14-5-6-16(24)20(21)26-19-17(25-11-3-2-9-22)7-4-13(18(19)21)12-15(14)23/h4-7,14-16,20,24H,2-3,8-12,22H2,1H3/t14-,15+,16-,20-,21-/m0/s1. The van der Waals surface area contributed by atoms with E-state index in [4.69, 9.17) is 15.2 Å². The van der Waals surface area contributed by atoms with Crippen molar-refractivity contribution in [2.75, 3.05) is 26.7 Å².